The lowest BCUT2D eigenvalue weighted by Crippen LogP contribution is -2.04. The molecule has 0 unspecified atom stereocenters. The third-order valence-electron chi connectivity index (χ3n) is 3.01. The molecule has 0 aliphatic carbocycles. The van der Waals surface area contributed by atoms with E-state index in [1.54, 1.807) is 19.1 Å². The van der Waals surface area contributed by atoms with Crippen LogP contribution < -0.4 is 0 Å². The minimum atomic E-state index is -0.386. The molecule has 0 atom stereocenters. The molecular formula is C16H14ClNO2S. The standard InChI is InChI=1S/C16H14ClNO2S/c1-3-13-12(9-18)14(10-5-7-11(17)8-6-10)15(21-13)16(19)20-4-2/h5-8H,3-4H2,1-2H3. The Labute approximate surface area is 132 Å². The van der Waals surface area contributed by atoms with Gasteiger partial charge in [0, 0.05) is 15.5 Å². The molecule has 5 heteroatoms. The number of nitriles is 1. The third kappa shape index (κ3) is 3.10. The summed E-state index contributed by atoms with van der Waals surface area (Å²) >= 11 is 7.23. The van der Waals surface area contributed by atoms with Gasteiger partial charge in [-0.25, -0.2) is 4.79 Å². The van der Waals surface area contributed by atoms with E-state index in [9.17, 15) is 10.1 Å². The fourth-order valence-electron chi connectivity index (χ4n) is 2.08. The van der Waals surface area contributed by atoms with Crippen LogP contribution >= 0.6 is 22.9 Å². The maximum Gasteiger partial charge on any atom is 0.348 e. The van der Waals surface area contributed by atoms with Crippen molar-refractivity contribution in [1.82, 2.24) is 0 Å². The summed E-state index contributed by atoms with van der Waals surface area (Å²) in [5.41, 5.74) is 2.00. The molecule has 0 saturated heterocycles. The van der Waals surface area contributed by atoms with Gasteiger partial charge in [-0.2, -0.15) is 5.26 Å². The zero-order valence-corrected chi connectivity index (χ0v) is 13.3. The second-order valence-electron chi connectivity index (χ2n) is 4.30. The fourth-order valence-corrected chi connectivity index (χ4v) is 3.31. The Morgan fingerprint density at radius 1 is 1.33 bits per heavy atom. The smallest absolute Gasteiger partial charge is 0.348 e. The molecule has 2 rings (SSSR count). The topological polar surface area (TPSA) is 50.1 Å². The summed E-state index contributed by atoms with van der Waals surface area (Å²) in [4.78, 5) is 13.5. The predicted octanol–water partition coefficient (Wildman–Crippen LogP) is 4.68. The van der Waals surface area contributed by atoms with Crippen molar-refractivity contribution in [3.63, 3.8) is 0 Å². The van der Waals surface area contributed by atoms with Crippen LogP contribution in [-0.2, 0) is 11.2 Å². The first kappa shape index (κ1) is 15.6. The third-order valence-corrected chi connectivity index (χ3v) is 4.57. The normalized spacial score (nSPS) is 10.2. The van der Waals surface area contributed by atoms with Gasteiger partial charge in [0.25, 0.3) is 0 Å². The molecule has 0 aliphatic heterocycles. The highest BCUT2D eigenvalue weighted by Crippen LogP contribution is 2.37. The maximum absolute atomic E-state index is 12.2. The number of rotatable bonds is 4. The summed E-state index contributed by atoms with van der Waals surface area (Å²) in [6.45, 7) is 4.03. The molecule has 0 radical (unpaired) electrons. The average molecular weight is 320 g/mol. The number of aryl methyl sites for hydroxylation is 1. The molecule has 0 aliphatic rings. The first-order valence-corrected chi connectivity index (χ1v) is 7.80. The summed E-state index contributed by atoms with van der Waals surface area (Å²) in [7, 11) is 0. The number of nitrogens with zero attached hydrogens (tertiary/aromatic N) is 1. The van der Waals surface area contributed by atoms with E-state index in [0.29, 0.717) is 34.1 Å². The number of carbonyl (C=O) groups is 1. The van der Waals surface area contributed by atoms with E-state index in [-0.39, 0.29) is 5.97 Å². The highest BCUT2D eigenvalue weighted by molar-refractivity contribution is 7.14. The van der Waals surface area contributed by atoms with Gasteiger partial charge < -0.3 is 4.74 Å². The van der Waals surface area contributed by atoms with Crippen LogP contribution in [0.15, 0.2) is 24.3 Å². The number of ether oxygens (including phenoxy) is 1. The first-order valence-electron chi connectivity index (χ1n) is 6.61. The van der Waals surface area contributed by atoms with Gasteiger partial charge in [0.15, 0.2) is 0 Å². The van der Waals surface area contributed by atoms with Crippen molar-refractivity contribution in [3.05, 3.63) is 44.6 Å². The molecule has 0 spiro atoms. The van der Waals surface area contributed by atoms with Crippen LogP contribution in [0.25, 0.3) is 11.1 Å². The van der Waals surface area contributed by atoms with Crippen molar-refractivity contribution in [3.8, 4) is 17.2 Å². The lowest BCUT2D eigenvalue weighted by Gasteiger charge is -2.05. The highest BCUT2D eigenvalue weighted by Gasteiger charge is 2.24. The van der Waals surface area contributed by atoms with Crippen LogP contribution in [0, 0.1) is 11.3 Å². The van der Waals surface area contributed by atoms with Crippen molar-refractivity contribution in [2.45, 2.75) is 20.3 Å². The summed E-state index contributed by atoms with van der Waals surface area (Å²) in [6.07, 6.45) is 0.702. The fraction of sp³-hybridized carbons (Fsp3) is 0.250. The number of carbonyl (C=O) groups excluding carboxylic acids is 1. The molecule has 1 aromatic heterocycles. The first-order chi connectivity index (χ1) is 10.1. The molecule has 21 heavy (non-hydrogen) atoms. The number of esters is 1. The minimum Gasteiger partial charge on any atom is -0.462 e. The van der Waals surface area contributed by atoms with E-state index in [0.717, 1.165) is 10.4 Å². The molecule has 3 nitrogen and oxygen atoms in total. The summed E-state index contributed by atoms with van der Waals surface area (Å²) in [6, 6.07) is 9.33. The summed E-state index contributed by atoms with van der Waals surface area (Å²) in [5.74, 6) is -0.386. The number of halogens is 1. The van der Waals surface area contributed by atoms with Crippen molar-refractivity contribution < 1.29 is 9.53 Å². The molecule has 0 amide bonds. The largest absolute Gasteiger partial charge is 0.462 e. The average Bonchev–Trinajstić information content (AvgIpc) is 2.87. The molecule has 1 heterocycles. The van der Waals surface area contributed by atoms with Gasteiger partial charge in [0.05, 0.1) is 12.2 Å². The summed E-state index contributed by atoms with van der Waals surface area (Å²) in [5, 5.41) is 10.1. The second-order valence-corrected chi connectivity index (χ2v) is 5.84. The van der Waals surface area contributed by atoms with Crippen molar-refractivity contribution in [2.24, 2.45) is 0 Å². The van der Waals surface area contributed by atoms with Crippen LogP contribution in [0.4, 0.5) is 0 Å². The molecular weight excluding hydrogens is 306 g/mol. The predicted molar refractivity (Wildman–Crippen MR) is 84.8 cm³/mol. The zero-order valence-electron chi connectivity index (χ0n) is 11.8. The van der Waals surface area contributed by atoms with Crippen LogP contribution in [0.1, 0.15) is 34.0 Å². The number of hydrogen-bond acceptors (Lipinski definition) is 4. The zero-order chi connectivity index (χ0) is 15.4. The Morgan fingerprint density at radius 2 is 2.00 bits per heavy atom. The number of hydrogen-bond donors (Lipinski definition) is 0. The minimum absolute atomic E-state index is 0.306. The molecule has 1 aromatic carbocycles. The Bertz CT molecular complexity index is 698. The number of benzene rings is 1. The Hall–Kier alpha value is -1.83. The second kappa shape index (κ2) is 6.75. The van der Waals surface area contributed by atoms with Gasteiger partial charge in [-0.1, -0.05) is 30.7 Å². The molecule has 0 fully saturated rings. The van der Waals surface area contributed by atoms with Gasteiger partial charge in [-0.3, -0.25) is 0 Å². The van der Waals surface area contributed by atoms with Crippen molar-refractivity contribution in [2.75, 3.05) is 6.61 Å². The molecule has 0 bridgehead atoms. The molecule has 2 aromatic rings. The Morgan fingerprint density at radius 3 is 2.52 bits per heavy atom. The van der Waals surface area contributed by atoms with Crippen LogP contribution in [0.2, 0.25) is 5.02 Å². The highest BCUT2D eigenvalue weighted by atomic mass is 35.5. The van der Waals surface area contributed by atoms with Crippen LogP contribution in [0.3, 0.4) is 0 Å². The van der Waals surface area contributed by atoms with Crippen molar-refractivity contribution >= 4 is 28.9 Å². The monoisotopic (exact) mass is 319 g/mol. The molecule has 0 saturated carbocycles. The van der Waals surface area contributed by atoms with Crippen molar-refractivity contribution in [1.29, 1.82) is 5.26 Å². The quantitative estimate of drug-likeness (QED) is 0.769. The lowest BCUT2D eigenvalue weighted by atomic mass is 10.00. The maximum atomic E-state index is 12.2. The van der Waals surface area contributed by atoms with E-state index in [1.165, 1.54) is 11.3 Å². The Balaban J connectivity index is 2.66. The van der Waals surface area contributed by atoms with Gasteiger partial charge in [0.2, 0.25) is 0 Å². The van der Waals surface area contributed by atoms with Gasteiger partial charge in [0.1, 0.15) is 10.9 Å². The summed E-state index contributed by atoms with van der Waals surface area (Å²) < 4.78 is 5.11. The van der Waals surface area contributed by atoms with E-state index >= 15 is 0 Å². The van der Waals surface area contributed by atoms with Crippen LogP contribution in [-0.4, -0.2) is 12.6 Å². The van der Waals surface area contributed by atoms with Gasteiger partial charge >= 0.3 is 5.97 Å². The number of thiophene rings is 1. The van der Waals surface area contributed by atoms with Gasteiger partial charge in [-0.15, -0.1) is 11.3 Å². The van der Waals surface area contributed by atoms with E-state index in [2.05, 4.69) is 6.07 Å². The van der Waals surface area contributed by atoms with Crippen LogP contribution in [0.5, 0.6) is 0 Å². The molecule has 108 valence electrons. The molecule has 0 N–H and O–H groups in total. The van der Waals surface area contributed by atoms with E-state index < -0.39 is 0 Å². The van der Waals surface area contributed by atoms with Gasteiger partial charge in [-0.05, 0) is 31.0 Å². The lowest BCUT2D eigenvalue weighted by molar-refractivity contribution is 0.0533. The van der Waals surface area contributed by atoms with E-state index in [4.69, 9.17) is 16.3 Å². The Kier molecular flexibility index (Phi) is 5.00. The van der Waals surface area contributed by atoms with E-state index in [1.807, 2.05) is 19.1 Å². The SMILES string of the molecule is CCOC(=O)c1sc(CC)c(C#N)c1-c1ccc(Cl)cc1.